The molecule has 0 N–H and O–H groups in total. The Morgan fingerprint density at radius 1 is 0.739 bits per heavy atom. The van der Waals surface area contributed by atoms with Gasteiger partial charge in [-0.1, -0.05) is 48.5 Å². The molecule has 2 heterocycles. The van der Waals surface area contributed by atoms with Crippen LogP contribution in [0.3, 0.4) is 0 Å². The first-order valence-corrected chi connectivity index (χ1v) is 7.72. The molecule has 2 heteroatoms. The van der Waals surface area contributed by atoms with Gasteiger partial charge in [-0.05, 0) is 23.1 Å². The van der Waals surface area contributed by atoms with Crippen molar-refractivity contribution in [3.8, 4) is 0 Å². The Bertz CT molecular complexity index is 1010. The quantitative estimate of drug-likeness (QED) is 0.396. The molecule has 2 aromatic heterocycles. The number of pyridine rings is 2. The highest BCUT2D eigenvalue weighted by molar-refractivity contribution is 6.08. The summed E-state index contributed by atoms with van der Waals surface area (Å²) >= 11 is 0. The molecule has 0 aliphatic carbocycles. The van der Waals surface area contributed by atoms with E-state index in [2.05, 4.69) is 66.7 Å². The van der Waals surface area contributed by atoms with Crippen molar-refractivity contribution in [2.24, 2.45) is 7.05 Å². The van der Waals surface area contributed by atoms with Gasteiger partial charge in [-0.3, -0.25) is 0 Å². The minimum absolute atomic E-state index is 1.01. The van der Waals surface area contributed by atoms with E-state index in [1.165, 1.54) is 21.7 Å². The fourth-order valence-corrected chi connectivity index (χ4v) is 2.86. The third-order valence-electron chi connectivity index (χ3n) is 4.08. The fourth-order valence-electron chi connectivity index (χ4n) is 2.86. The van der Waals surface area contributed by atoms with Crippen LogP contribution < -0.4 is 4.57 Å². The first-order chi connectivity index (χ1) is 11.3. The maximum Gasteiger partial charge on any atom is 0.169 e. The number of para-hydroxylation sites is 1. The highest BCUT2D eigenvalue weighted by Crippen LogP contribution is 2.27. The molecule has 2 aromatic carbocycles. The third-order valence-corrected chi connectivity index (χ3v) is 4.08. The van der Waals surface area contributed by atoms with Crippen molar-refractivity contribution < 1.29 is 4.57 Å². The zero-order chi connectivity index (χ0) is 15.6. The van der Waals surface area contributed by atoms with Gasteiger partial charge >= 0.3 is 0 Å². The van der Waals surface area contributed by atoms with Crippen LogP contribution in [0.5, 0.6) is 0 Å². The molecule has 0 fully saturated rings. The molecule has 0 bridgehead atoms. The van der Waals surface area contributed by atoms with Gasteiger partial charge in [0.05, 0.1) is 11.2 Å². The second kappa shape index (κ2) is 5.65. The van der Waals surface area contributed by atoms with E-state index >= 15 is 0 Å². The minimum Gasteiger partial charge on any atom is -0.248 e. The molecule has 0 aliphatic heterocycles. The van der Waals surface area contributed by atoms with Gasteiger partial charge in [-0.2, -0.15) is 0 Å². The van der Waals surface area contributed by atoms with E-state index in [1.54, 1.807) is 0 Å². The number of rotatable bonds is 2. The molecule has 4 rings (SSSR count). The molecule has 0 unspecified atom stereocenters. The Balaban J connectivity index is 1.89. The molecule has 0 amide bonds. The second-order valence-electron chi connectivity index (χ2n) is 5.69. The van der Waals surface area contributed by atoms with Crippen LogP contribution in [0.4, 0.5) is 0 Å². The largest absolute Gasteiger partial charge is 0.248 e. The van der Waals surface area contributed by atoms with E-state index < -0.39 is 0 Å². The van der Waals surface area contributed by atoms with Gasteiger partial charge < -0.3 is 0 Å². The first-order valence-electron chi connectivity index (χ1n) is 7.72. The molecule has 0 spiro atoms. The summed E-state index contributed by atoms with van der Waals surface area (Å²) in [5, 5.41) is 3.63. The maximum absolute atomic E-state index is 4.84. The average molecular weight is 297 g/mol. The monoisotopic (exact) mass is 297 g/mol. The summed E-state index contributed by atoms with van der Waals surface area (Å²) in [6, 6.07) is 21.0. The number of nitrogens with zero attached hydrogens (tertiary/aromatic N) is 2. The third kappa shape index (κ3) is 2.59. The smallest absolute Gasteiger partial charge is 0.169 e. The summed E-state index contributed by atoms with van der Waals surface area (Å²) < 4.78 is 2.03. The van der Waals surface area contributed by atoms with Crippen molar-refractivity contribution in [1.82, 2.24) is 4.98 Å². The van der Waals surface area contributed by atoms with Crippen LogP contribution >= 0.6 is 0 Å². The molecule has 2 nitrogen and oxygen atoms in total. The van der Waals surface area contributed by atoms with E-state index in [4.69, 9.17) is 4.98 Å². The highest BCUT2D eigenvalue weighted by Gasteiger charge is 2.05. The molecule has 0 saturated carbocycles. The summed E-state index contributed by atoms with van der Waals surface area (Å²) in [6.45, 7) is 0. The molecule has 0 saturated heterocycles. The van der Waals surface area contributed by atoms with Crippen molar-refractivity contribution >= 4 is 33.8 Å². The van der Waals surface area contributed by atoms with E-state index in [0.717, 1.165) is 11.2 Å². The Labute approximate surface area is 135 Å². The van der Waals surface area contributed by atoms with Gasteiger partial charge in [0.1, 0.15) is 7.05 Å². The van der Waals surface area contributed by atoms with Crippen LogP contribution in [0.1, 0.15) is 11.3 Å². The topological polar surface area (TPSA) is 16.8 Å². The standard InChI is InChI=1S/C21H17N2/c1-23-14-12-16(13-15-23)10-11-21-19-7-3-2-6-17(19)18-8-4-5-9-20(18)22-21/h2-15H,1H3/q+1/b11-10-. The number of benzene rings is 2. The number of hydrogen-bond acceptors (Lipinski definition) is 1. The van der Waals surface area contributed by atoms with Crippen molar-refractivity contribution in [2.45, 2.75) is 0 Å². The molecule has 110 valence electrons. The van der Waals surface area contributed by atoms with Gasteiger partial charge in [0.25, 0.3) is 0 Å². The molecule has 4 aromatic rings. The van der Waals surface area contributed by atoms with Gasteiger partial charge in [0, 0.05) is 22.9 Å². The van der Waals surface area contributed by atoms with Crippen molar-refractivity contribution in [2.75, 3.05) is 0 Å². The van der Waals surface area contributed by atoms with E-state index in [1.807, 2.05) is 30.1 Å². The Morgan fingerprint density at radius 3 is 2.17 bits per heavy atom. The molecule has 0 radical (unpaired) electrons. The fraction of sp³-hybridized carbons (Fsp3) is 0.0476. The Hall–Kier alpha value is -3.00. The lowest BCUT2D eigenvalue weighted by atomic mass is 10.0. The van der Waals surface area contributed by atoms with Gasteiger partial charge in [-0.15, -0.1) is 0 Å². The number of aromatic nitrogens is 2. The van der Waals surface area contributed by atoms with E-state index in [-0.39, 0.29) is 0 Å². The predicted molar refractivity (Wildman–Crippen MR) is 95.8 cm³/mol. The highest BCUT2D eigenvalue weighted by atomic mass is 14.9. The van der Waals surface area contributed by atoms with Crippen LogP contribution in [0.15, 0.2) is 73.1 Å². The summed E-state index contributed by atoms with van der Waals surface area (Å²) in [6.07, 6.45) is 8.31. The van der Waals surface area contributed by atoms with Crippen LogP contribution in [0.2, 0.25) is 0 Å². The van der Waals surface area contributed by atoms with Crippen LogP contribution in [-0.4, -0.2) is 4.98 Å². The van der Waals surface area contributed by atoms with Crippen molar-refractivity contribution in [3.05, 3.63) is 84.3 Å². The van der Waals surface area contributed by atoms with Gasteiger partial charge in [-0.25, -0.2) is 9.55 Å². The predicted octanol–water partition coefficient (Wildman–Crippen LogP) is 4.38. The minimum atomic E-state index is 1.01. The molecule has 0 atom stereocenters. The number of fused-ring (bicyclic) bond motifs is 3. The lowest BCUT2D eigenvalue weighted by molar-refractivity contribution is -0.671. The number of hydrogen-bond donors (Lipinski definition) is 0. The zero-order valence-electron chi connectivity index (χ0n) is 13.0. The first kappa shape index (κ1) is 13.6. The average Bonchev–Trinajstić information content (AvgIpc) is 2.61. The molecule has 23 heavy (non-hydrogen) atoms. The summed E-state index contributed by atoms with van der Waals surface area (Å²) in [5.41, 5.74) is 3.21. The number of aryl methyl sites for hydroxylation is 1. The molecule has 0 aliphatic rings. The lowest BCUT2D eigenvalue weighted by Gasteiger charge is -2.06. The van der Waals surface area contributed by atoms with Crippen LogP contribution in [0, 0.1) is 0 Å². The van der Waals surface area contributed by atoms with Gasteiger partial charge in [0.2, 0.25) is 0 Å². The Kier molecular flexibility index (Phi) is 3.35. The summed E-state index contributed by atoms with van der Waals surface area (Å²) in [7, 11) is 2.02. The zero-order valence-corrected chi connectivity index (χ0v) is 13.0. The maximum atomic E-state index is 4.84. The van der Waals surface area contributed by atoms with E-state index in [9.17, 15) is 0 Å². The van der Waals surface area contributed by atoms with E-state index in [0.29, 0.717) is 0 Å². The lowest BCUT2D eigenvalue weighted by Crippen LogP contribution is -2.25. The SMILES string of the molecule is C[n+]1ccc(/C=C\c2nc3ccccc3c3ccccc23)cc1. The molecular formula is C21H17N2+. The Morgan fingerprint density at radius 2 is 1.39 bits per heavy atom. The summed E-state index contributed by atoms with van der Waals surface area (Å²) in [4.78, 5) is 4.84. The van der Waals surface area contributed by atoms with Crippen LogP contribution in [0.25, 0.3) is 33.8 Å². The second-order valence-corrected chi connectivity index (χ2v) is 5.69. The molecular weight excluding hydrogens is 280 g/mol. The normalized spacial score (nSPS) is 11.5. The van der Waals surface area contributed by atoms with Gasteiger partial charge in [0.15, 0.2) is 12.4 Å². The van der Waals surface area contributed by atoms with Crippen molar-refractivity contribution in [3.63, 3.8) is 0 Å². The van der Waals surface area contributed by atoms with Crippen molar-refractivity contribution in [1.29, 1.82) is 0 Å². The van der Waals surface area contributed by atoms with Crippen LogP contribution in [-0.2, 0) is 7.05 Å². The summed E-state index contributed by atoms with van der Waals surface area (Å²) in [5.74, 6) is 0.